The van der Waals surface area contributed by atoms with E-state index in [0.29, 0.717) is 0 Å². The van der Waals surface area contributed by atoms with Gasteiger partial charge in [0, 0.05) is 11.3 Å². The molecule has 1 aromatic heterocycles. The molecule has 6 nitrogen and oxygen atoms in total. The van der Waals surface area contributed by atoms with Crippen molar-refractivity contribution in [1.82, 2.24) is 10.2 Å². The Kier molecular flexibility index (Phi) is 3.18. The third kappa shape index (κ3) is 2.41. The number of rotatable bonds is 3. The number of sulfonamides is 1. The zero-order valence-electron chi connectivity index (χ0n) is 9.21. The first-order valence-electron chi connectivity index (χ1n) is 4.75. The van der Waals surface area contributed by atoms with Gasteiger partial charge in [-0.1, -0.05) is 11.3 Å². The molecule has 0 bridgehead atoms. The molecule has 3 N–H and O–H groups in total. The number of hydrogen-bond acceptors (Lipinski definition) is 6. The first-order chi connectivity index (χ1) is 8.40. The highest BCUT2D eigenvalue weighted by molar-refractivity contribution is 7.93. The van der Waals surface area contributed by atoms with Crippen molar-refractivity contribution >= 4 is 32.2 Å². The average molecular weight is 288 g/mol. The van der Waals surface area contributed by atoms with Gasteiger partial charge in [0.25, 0.3) is 10.0 Å². The molecule has 0 saturated heterocycles. The largest absolute Gasteiger partial charge is 0.398 e. The molecule has 0 saturated carbocycles. The fraction of sp³-hybridized carbons (Fsp3) is 0.111. The molecule has 0 atom stereocenters. The van der Waals surface area contributed by atoms with E-state index >= 15 is 0 Å². The van der Waals surface area contributed by atoms with Gasteiger partial charge in [0.1, 0.15) is 11.3 Å². The van der Waals surface area contributed by atoms with Gasteiger partial charge in [-0.3, -0.25) is 4.72 Å². The summed E-state index contributed by atoms with van der Waals surface area (Å²) < 4.78 is 39.5. The van der Waals surface area contributed by atoms with Crippen LogP contribution in [0.1, 0.15) is 5.56 Å². The number of halogens is 1. The number of nitrogens with one attached hydrogen (secondary N) is 1. The standard InChI is InChI=1S/C9H9FN4O2S2/c1-5-7(10)2-6(3-8(5)11)18(15,16)14-9-13-12-4-17-9/h2-4H,11H2,1H3,(H,13,14). The smallest absolute Gasteiger partial charge is 0.263 e. The SMILES string of the molecule is Cc1c(N)cc(S(=O)(=O)Nc2nncs2)cc1F. The summed E-state index contributed by atoms with van der Waals surface area (Å²) in [5.74, 6) is -0.673. The van der Waals surface area contributed by atoms with Gasteiger partial charge in [0.15, 0.2) is 0 Å². The lowest BCUT2D eigenvalue weighted by molar-refractivity contribution is 0.593. The van der Waals surface area contributed by atoms with Crippen molar-refractivity contribution in [2.24, 2.45) is 0 Å². The van der Waals surface area contributed by atoms with E-state index in [1.54, 1.807) is 0 Å². The molecule has 9 heteroatoms. The highest BCUT2D eigenvalue weighted by atomic mass is 32.2. The van der Waals surface area contributed by atoms with Crippen molar-refractivity contribution in [3.05, 3.63) is 29.0 Å². The molecule has 18 heavy (non-hydrogen) atoms. The number of anilines is 2. The summed E-state index contributed by atoms with van der Waals surface area (Å²) in [6.07, 6.45) is 0. The van der Waals surface area contributed by atoms with Crippen LogP contribution < -0.4 is 10.5 Å². The van der Waals surface area contributed by atoms with E-state index in [-0.39, 0.29) is 21.3 Å². The Balaban J connectivity index is 2.42. The summed E-state index contributed by atoms with van der Waals surface area (Å²) >= 11 is 1.02. The van der Waals surface area contributed by atoms with Gasteiger partial charge in [-0.25, -0.2) is 12.8 Å². The average Bonchev–Trinajstić information content (AvgIpc) is 2.77. The molecular formula is C9H9FN4O2S2. The van der Waals surface area contributed by atoms with E-state index in [1.807, 2.05) is 0 Å². The second kappa shape index (κ2) is 4.50. The van der Waals surface area contributed by atoms with Gasteiger partial charge in [0.2, 0.25) is 5.13 Å². The number of nitrogen functional groups attached to an aromatic ring is 1. The summed E-state index contributed by atoms with van der Waals surface area (Å²) in [6, 6.07) is 2.11. The second-order valence-corrected chi connectivity index (χ2v) is 5.98. The molecule has 1 heterocycles. The Hall–Kier alpha value is -1.74. The van der Waals surface area contributed by atoms with Crippen LogP contribution in [0.4, 0.5) is 15.2 Å². The maximum atomic E-state index is 13.5. The molecule has 0 radical (unpaired) electrons. The molecule has 0 aliphatic heterocycles. The van der Waals surface area contributed by atoms with Gasteiger partial charge in [-0.05, 0) is 19.1 Å². The highest BCUT2D eigenvalue weighted by Gasteiger charge is 2.18. The number of hydrogen-bond donors (Lipinski definition) is 2. The lowest BCUT2D eigenvalue weighted by atomic mass is 10.2. The van der Waals surface area contributed by atoms with E-state index in [4.69, 9.17) is 5.73 Å². The van der Waals surface area contributed by atoms with Crippen LogP contribution in [-0.2, 0) is 10.0 Å². The van der Waals surface area contributed by atoms with Gasteiger partial charge in [-0.2, -0.15) is 0 Å². The fourth-order valence-corrected chi connectivity index (χ4v) is 2.96. The first kappa shape index (κ1) is 12.7. The van der Waals surface area contributed by atoms with Crippen LogP contribution in [0.2, 0.25) is 0 Å². The van der Waals surface area contributed by atoms with E-state index in [2.05, 4.69) is 14.9 Å². The Morgan fingerprint density at radius 2 is 2.17 bits per heavy atom. The Bertz CT molecular complexity index is 647. The van der Waals surface area contributed by atoms with Crippen LogP contribution in [-0.4, -0.2) is 18.6 Å². The maximum Gasteiger partial charge on any atom is 0.263 e. The van der Waals surface area contributed by atoms with Crippen molar-refractivity contribution in [3.8, 4) is 0 Å². The minimum atomic E-state index is -3.91. The van der Waals surface area contributed by atoms with Gasteiger partial charge in [0.05, 0.1) is 4.90 Å². The van der Waals surface area contributed by atoms with Crippen LogP contribution in [0.5, 0.6) is 0 Å². The number of nitrogens with two attached hydrogens (primary N) is 1. The van der Waals surface area contributed by atoms with Crippen LogP contribution >= 0.6 is 11.3 Å². The Labute approximate surface area is 107 Å². The molecule has 0 aliphatic rings. The molecule has 0 fully saturated rings. The van der Waals surface area contributed by atoms with E-state index < -0.39 is 15.8 Å². The molecule has 0 amide bonds. The monoisotopic (exact) mass is 288 g/mol. The minimum Gasteiger partial charge on any atom is -0.398 e. The van der Waals surface area contributed by atoms with Gasteiger partial charge >= 0.3 is 0 Å². The molecular weight excluding hydrogens is 279 g/mol. The third-order valence-electron chi connectivity index (χ3n) is 2.25. The van der Waals surface area contributed by atoms with Crippen LogP contribution in [0.15, 0.2) is 22.5 Å². The van der Waals surface area contributed by atoms with Crippen molar-refractivity contribution < 1.29 is 12.8 Å². The molecule has 0 aliphatic carbocycles. The lowest BCUT2D eigenvalue weighted by Gasteiger charge is -2.08. The minimum absolute atomic E-state index is 0.0765. The summed E-state index contributed by atoms with van der Waals surface area (Å²) in [5, 5.41) is 7.14. The first-order valence-corrected chi connectivity index (χ1v) is 7.11. The quantitative estimate of drug-likeness (QED) is 0.831. The molecule has 2 aromatic rings. The summed E-state index contributed by atoms with van der Waals surface area (Å²) in [7, 11) is -3.91. The van der Waals surface area contributed by atoms with E-state index in [9.17, 15) is 12.8 Å². The molecule has 0 unspecified atom stereocenters. The van der Waals surface area contributed by atoms with E-state index in [1.165, 1.54) is 18.5 Å². The Morgan fingerprint density at radius 3 is 2.72 bits per heavy atom. The van der Waals surface area contributed by atoms with Crippen LogP contribution in [0.3, 0.4) is 0 Å². The van der Waals surface area contributed by atoms with Crippen molar-refractivity contribution in [3.63, 3.8) is 0 Å². The molecule has 96 valence electrons. The van der Waals surface area contributed by atoms with Crippen molar-refractivity contribution in [2.45, 2.75) is 11.8 Å². The molecule has 0 spiro atoms. The van der Waals surface area contributed by atoms with E-state index in [0.717, 1.165) is 17.4 Å². The maximum absolute atomic E-state index is 13.5. The molecule has 1 aromatic carbocycles. The van der Waals surface area contributed by atoms with Crippen LogP contribution in [0, 0.1) is 12.7 Å². The zero-order chi connectivity index (χ0) is 13.3. The number of nitrogens with zero attached hydrogens (tertiary/aromatic N) is 2. The summed E-state index contributed by atoms with van der Waals surface area (Å²) in [4.78, 5) is -0.252. The summed E-state index contributed by atoms with van der Waals surface area (Å²) in [6.45, 7) is 1.47. The Morgan fingerprint density at radius 1 is 1.44 bits per heavy atom. The van der Waals surface area contributed by atoms with Crippen LogP contribution in [0.25, 0.3) is 0 Å². The summed E-state index contributed by atoms with van der Waals surface area (Å²) in [5.41, 5.74) is 7.20. The third-order valence-corrected chi connectivity index (χ3v) is 4.30. The zero-order valence-corrected chi connectivity index (χ0v) is 10.8. The predicted octanol–water partition coefficient (Wildman–Crippen LogP) is 1.37. The van der Waals surface area contributed by atoms with Gasteiger partial charge in [-0.15, -0.1) is 10.2 Å². The molecule has 2 rings (SSSR count). The topological polar surface area (TPSA) is 98.0 Å². The number of aromatic nitrogens is 2. The predicted molar refractivity (Wildman–Crippen MR) is 66.3 cm³/mol. The fourth-order valence-electron chi connectivity index (χ4n) is 1.22. The van der Waals surface area contributed by atoms with Gasteiger partial charge < -0.3 is 5.73 Å². The van der Waals surface area contributed by atoms with Crippen molar-refractivity contribution in [1.29, 1.82) is 0 Å². The normalized spacial score (nSPS) is 11.4. The van der Waals surface area contributed by atoms with Crippen molar-refractivity contribution in [2.75, 3.05) is 10.5 Å². The highest BCUT2D eigenvalue weighted by Crippen LogP contribution is 2.23. The number of benzene rings is 1. The second-order valence-electron chi connectivity index (χ2n) is 3.47. The lowest BCUT2D eigenvalue weighted by Crippen LogP contribution is -2.14.